The van der Waals surface area contributed by atoms with Crippen molar-refractivity contribution >= 4 is 16.8 Å². The highest BCUT2D eigenvalue weighted by Crippen LogP contribution is 2.39. The van der Waals surface area contributed by atoms with Crippen molar-refractivity contribution in [3.05, 3.63) is 113 Å². The fraction of sp³-hybridized carbons (Fsp3) is 0.0741. The van der Waals surface area contributed by atoms with Crippen LogP contribution < -0.4 is 5.56 Å². The summed E-state index contributed by atoms with van der Waals surface area (Å²) in [6.45, 7) is 2.39. The molecular formula is C27H21N5O. The topological polar surface area (TPSA) is 68.0 Å². The fourth-order valence-electron chi connectivity index (χ4n) is 4.54. The van der Waals surface area contributed by atoms with Crippen LogP contribution in [0.1, 0.15) is 11.4 Å². The predicted molar refractivity (Wildman–Crippen MR) is 130 cm³/mol. The number of aromatic amines is 1. The normalized spacial score (nSPS) is 11.4. The van der Waals surface area contributed by atoms with E-state index in [9.17, 15) is 4.79 Å². The Morgan fingerprint density at radius 3 is 2.09 bits per heavy atom. The monoisotopic (exact) mass is 431 g/mol. The first-order valence-corrected chi connectivity index (χ1v) is 10.9. The van der Waals surface area contributed by atoms with E-state index < -0.39 is 0 Å². The van der Waals surface area contributed by atoms with Crippen LogP contribution in [-0.2, 0) is 6.54 Å². The molecule has 6 rings (SSSR count). The highest BCUT2D eigenvalue weighted by atomic mass is 16.1. The van der Waals surface area contributed by atoms with Crippen LogP contribution in [0.2, 0.25) is 0 Å². The smallest absolute Gasteiger partial charge is 0.270 e. The van der Waals surface area contributed by atoms with Gasteiger partial charge in [0.2, 0.25) is 5.78 Å². The minimum Gasteiger partial charge on any atom is -0.320 e. The summed E-state index contributed by atoms with van der Waals surface area (Å²) in [5.74, 6) is 1.02. The minimum absolute atomic E-state index is 0.121. The molecule has 1 N–H and O–H groups in total. The number of nitrogens with zero attached hydrogens (tertiary/aromatic N) is 4. The molecule has 0 saturated carbocycles. The molecule has 3 heterocycles. The van der Waals surface area contributed by atoms with Crippen LogP contribution in [0.15, 0.2) is 95.8 Å². The largest absolute Gasteiger partial charge is 0.320 e. The number of aromatic nitrogens is 5. The zero-order chi connectivity index (χ0) is 22.4. The highest BCUT2D eigenvalue weighted by molar-refractivity contribution is 6.03. The third kappa shape index (κ3) is 3.07. The van der Waals surface area contributed by atoms with Gasteiger partial charge in [0.1, 0.15) is 5.82 Å². The van der Waals surface area contributed by atoms with Crippen molar-refractivity contribution in [3.8, 4) is 22.4 Å². The molecule has 0 amide bonds. The Morgan fingerprint density at radius 1 is 0.818 bits per heavy atom. The zero-order valence-electron chi connectivity index (χ0n) is 18.1. The lowest BCUT2D eigenvalue weighted by Gasteiger charge is -2.13. The van der Waals surface area contributed by atoms with E-state index in [0.717, 1.165) is 27.9 Å². The number of fused-ring (bicyclic) bond motifs is 2. The Kier molecular flexibility index (Phi) is 4.43. The number of benzene rings is 3. The Bertz CT molecular complexity index is 1650. The Morgan fingerprint density at radius 2 is 1.42 bits per heavy atom. The molecule has 160 valence electrons. The second-order valence-electron chi connectivity index (χ2n) is 8.07. The molecule has 33 heavy (non-hydrogen) atoms. The van der Waals surface area contributed by atoms with Crippen molar-refractivity contribution < 1.29 is 0 Å². The Labute approximate surface area is 189 Å². The first kappa shape index (κ1) is 19.3. The van der Waals surface area contributed by atoms with Crippen LogP contribution in [-0.4, -0.2) is 24.1 Å². The first-order valence-electron chi connectivity index (χ1n) is 10.9. The standard InChI is InChI=1S/C27H21N5O/c1-18-29-30-27-28-25-23(26(33)32(18)27)22(20-13-7-3-8-14-20)24(21-15-9-4-10-16-21)31(25)17-19-11-5-2-6-12-19/h2-16H,17H2,1H3,(H,28,30). The SMILES string of the molecule is Cc1n[nH]c2nc3c(c(-c4ccccc4)c(-c4ccccc4)n3Cc3ccccc3)c(=O)n12. The van der Waals surface area contributed by atoms with Crippen molar-refractivity contribution in [2.24, 2.45) is 0 Å². The van der Waals surface area contributed by atoms with Crippen LogP contribution in [0.4, 0.5) is 0 Å². The summed E-state index contributed by atoms with van der Waals surface area (Å²) in [6, 6.07) is 30.5. The van der Waals surface area contributed by atoms with Gasteiger partial charge in [-0.1, -0.05) is 91.0 Å². The second kappa shape index (κ2) is 7.60. The van der Waals surface area contributed by atoms with Crippen LogP contribution >= 0.6 is 0 Å². The van der Waals surface area contributed by atoms with E-state index in [0.29, 0.717) is 29.2 Å². The molecule has 0 fully saturated rings. The molecule has 0 saturated heterocycles. The predicted octanol–water partition coefficient (Wildman–Crippen LogP) is 5.06. The van der Waals surface area contributed by atoms with Crippen molar-refractivity contribution in [2.45, 2.75) is 13.5 Å². The third-order valence-corrected chi connectivity index (χ3v) is 6.01. The average molecular weight is 431 g/mol. The lowest BCUT2D eigenvalue weighted by molar-refractivity contribution is 0.831. The molecule has 6 heteroatoms. The average Bonchev–Trinajstić information content (AvgIpc) is 3.39. The van der Waals surface area contributed by atoms with E-state index in [1.165, 1.54) is 0 Å². The fourth-order valence-corrected chi connectivity index (χ4v) is 4.54. The molecule has 0 atom stereocenters. The molecule has 0 aliphatic heterocycles. The summed E-state index contributed by atoms with van der Waals surface area (Å²) in [4.78, 5) is 18.8. The zero-order valence-corrected chi connectivity index (χ0v) is 18.1. The maximum Gasteiger partial charge on any atom is 0.270 e. The molecule has 3 aromatic carbocycles. The summed E-state index contributed by atoms with van der Waals surface area (Å²) < 4.78 is 3.70. The number of hydrogen-bond donors (Lipinski definition) is 1. The molecule has 0 radical (unpaired) electrons. The molecule has 6 aromatic rings. The van der Waals surface area contributed by atoms with Crippen molar-refractivity contribution in [2.75, 3.05) is 0 Å². The number of H-pyrrole nitrogens is 1. The number of hydrogen-bond acceptors (Lipinski definition) is 3. The maximum absolute atomic E-state index is 13.9. The Balaban J connectivity index is 1.81. The maximum atomic E-state index is 13.9. The Hall–Kier alpha value is -4.45. The van der Waals surface area contributed by atoms with Crippen molar-refractivity contribution in [1.82, 2.24) is 24.1 Å². The van der Waals surface area contributed by atoms with Gasteiger partial charge in [0, 0.05) is 12.1 Å². The van der Waals surface area contributed by atoms with E-state index in [1.807, 2.05) is 66.7 Å². The number of rotatable bonds is 4. The second-order valence-corrected chi connectivity index (χ2v) is 8.07. The molecular weight excluding hydrogens is 410 g/mol. The van der Waals surface area contributed by atoms with Crippen LogP contribution in [0, 0.1) is 6.92 Å². The van der Waals surface area contributed by atoms with Gasteiger partial charge in [-0.15, -0.1) is 0 Å². The molecule has 0 aliphatic rings. The summed E-state index contributed by atoms with van der Waals surface area (Å²) >= 11 is 0. The van der Waals surface area contributed by atoms with Gasteiger partial charge in [0.05, 0.1) is 11.1 Å². The molecule has 0 spiro atoms. The van der Waals surface area contributed by atoms with E-state index in [1.54, 1.807) is 11.3 Å². The third-order valence-electron chi connectivity index (χ3n) is 6.01. The lowest BCUT2D eigenvalue weighted by Crippen LogP contribution is -2.16. The van der Waals surface area contributed by atoms with Gasteiger partial charge in [-0.3, -0.25) is 4.79 Å². The number of nitrogens with one attached hydrogen (secondary N) is 1. The summed E-state index contributed by atoms with van der Waals surface area (Å²) in [5.41, 5.74) is 5.54. The molecule has 0 unspecified atom stereocenters. The minimum atomic E-state index is -0.121. The van der Waals surface area contributed by atoms with Gasteiger partial charge in [-0.25, -0.2) is 9.50 Å². The van der Waals surface area contributed by atoms with Crippen LogP contribution in [0.25, 0.3) is 39.2 Å². The lowest BCUT2D eigenvalue weighted by atomic mass is 9.99. The van der Waals surface area contributed by atoms with Crippen molar-refractivity contribution in [1.29, 1.82) is 0 Å². The molecule has 0 bridgehead atoms. The van der Waals surface area contributed by atoms with Gasteiger partial charge in [0.15, 0.2) is 5.65 Å². The number of aryl methyl sites for hydroxylation is 1. The summed E-state index contributed by atoms with van der Waals surface area (Å²) in [6.07, 6.45) is 0. The molecule has 0 aliphatic carbocycles. The van der Waals surface area contributed by atoms with Crippen LogP contribution in [0.5, 0.6) is 0 Å². The summed E-state index contributed by atoms with van der Waals surface area (Å²) in [7, 11) is 0. The van der Waals surface area contributed by atoms with Crippen LogP contribution in [0.3, 0.4) is 0 Å². The summed E-state index contributed by atoms with van der Waals surface area (Å²) in [5, 5.41) is 7.73. The van der Waals surface area contributed by atoms with Crippen molar-refractivity contribution in [3.63, 3.8) is 0 Å². The van der Waals surface area contributed by atoms with Gasteiger partial charge >= 0.3 is 0 Å². The molecule has 3 aromatic heterocycles. The first-order chi connectivity index (χ1) is 16.2. The van der Waals surface area contributed by atoms with Gasteiger partial charge in [-0.05, 0) is 23.6 Å². The van der Waals surface area contributed by atoms with E-state index in [-0.39, 0.29) is 5.56 Å². The quantitative estimate of drug-likeness (QED) is 0.424. The van der Waals surface area contributed by atoms with E-state index in [4.69, 9.17) is 4.98 Å². The van der Waals surface area contributed by atoms with E-state index >= 15 is 0 Å². The van der Waals surface area contributed by atoms with E-state index in [2.05, 4.69) is 39.0 Å². The highest BCUT2D eigenvalue weighted by Gasteiger charge is 2.25. The van der Waals surface area contributed by atoms with Gasteiger partial charge in [0.25, 0.3) is 5.56 Å². The van der Waals surface area contributed by atoms with Gasteiger partial charge < -0.3 is 4.57 Å². The van der Waals surface area contributed by atoms with Gasteiger partial charge in [-0.2, -0.15) is 10.1 Å². The molecule has 6 nitrogen and oxygen atoms in total.